The van der Waals surface area contributed by atoms with Crippen LogP contribution < -0.4 is 4.90 Å². The van der Waals surface area contributed by atoms with Crippen LogP contribution in [0.2, 0.25) is 0 Å². The molecule has 2 aromatic heterocycles. The summed E-state index contributed by atoms with van der Waals surface area (Å²) in [7, 11) is 2.02. The standard InChI is InChI=1S/C14H19FN6/c1-20(9-13-17-4-5-18-13)8-12-6-11(15)7-21(12)14-2-3-16-10-19-14/h2-5,10-12H,6-9H2,1H3,(H,17,18)/t11-,12-/m0/s1. The molecular formula is C14H19FN6. The molecule has 0 radical (unpaired) electrons. The molecule has 2 atom stereocenters. The summed E-state index contributed by atoms with van der Waals surface area (Å²) in [5.74, 6) is 1.71. The Morgan fingerprint density at radius 3 is 3.05 bits per heavy atom. The van der Waals surface area contributed by atoms with E-state index in [1.165, 1.54) is 6.33 Å². The van der Waals surface area contributed by atoms with Crippen LogP contribution in [0, 0.1) is 0 Å². The van der Waals surface area contributed by atoms with Gasteiger partial charge in [0.25, 0.3) is 0 Å². The van der Waals surface area contributed by atoms with Crippen molar-refractivity contribution in [2.24, 2.45) is 0 Å². The van der Waals surface area contributed by atoms with E-state index >= 15 is 0 Å². The monoisotopic (exact) mass is 290 g/mol. The highest BCUT2D eigenvalue weighted by Crippen LogP contribution is 2.26. The molecule has 112 valence electrons. The van der Waals surface area contributed by atoms with E-state index in [0.717, 1.165) is 24.7 Å². The third-order valence-corrected chi connectivity index (χ3v) is 3.72. The molecular weight excluding hydrogens is 271 g/mol. The Labute approximate surface area is 123 Å². The summed E-state index contributed by atoms with van der Waals surface area (Å²) >= 11 is 0. The fourth-order valence-corrected chi connectivity index (χ4v) is 2.83. The van der Waals surface area contributed by atoms with Gasteiger partial charge in [-0.25, -0.2) is 19.3 Å². The summed E-state index contributed by atoms with van der Waals surface area (Å²) in [6, 6.07) is 1.95. The lowest BCUT2D eigenvalue weighted by Gasteiger charge is -2.28. The van der Waals surface area contributed by atoms with Crippen LogP contribution >= 0.6 is 0 Å². The summed E-state index contributed by atoms with van der Waals surface area (Å²) in [5, 5.41) is 0. The third kappa shape index (κ3) is 3.36. The van der Waals surface area contributed by atoms with Crippen molar-refractivity contribution in [1.29, 1.82) is 0 Å². The van der Waals surface area contributed by atoms with E-state index < -0.39 is 6.17 Å². The lowest BCUT2D eigenvalue weighted by atomic mass is 10.2. The molecule has 21 heavy (non-hydrogen) atoms. The van der Waals surface area contributed by atoms with Crippen molar-refractivity contribution in [3.8, 4) is 0 Å². The molecule has 1 fully saturated rings. The van der Waals surface area contributed by atoms with Crippen molar-refractivity contribution in [2.75, 3.05) is 25.0 Å². The van der Waals surface area contributed by atoms with Gasteiger partial charge >= 0.3 is 0 Å². The first kappa shape index (κ1) is 13.9. The molecule has 0 spiro atoms. The van der Waals surface area contributed by atoms with Crippen LogP contribution in [0.4, 0.5) is 10.2 Å². The molecule has 7 heteroatoms. The second-order valence-electron chi connectivity index (χ2n) is 5.44. The molecule has 2 aromatic rings. The van der Waals surface area contributed by atoms with E-state index in [1.807, 2.05) is 24.2 Å². The van der Waals surface area contributed by atoms with Gasteiger partial charge in [0.15, 0.2) is 0 Å². The quantitative estimate of drug-likeness (QED) is 0.898. The van der Waals surface area contributed by atoms with Gasteiger partial charge in [0.1, 0.15) is 24.1 Å². The SMILES string of the molecule is CN(Cc1ncc[nH]1)C[C@@H]1C[C@H](F)CN1c1ccncn1. The average molecular weight is 290 g/mol. The second-order valence-corrected chi connectivity index (χ2v) is 5.44. The summed E-state index contributed by atoms with van der Waals surface area (Å²) < 4.78 is 13.8. The van der Waals surface area contributed by atoms with Gasteiger partial charge in [-0.1, -0.05) is 0 Å². The lowest BCUT2D eigenvalue weighted by Crippen LogP contribution is -2.39. The average Bonchev–Trinajstić information content (AvgIpc) is 3.09. The van der Waals surface area contributed by atoms with Crippen LogP contribution in [0.5, 0.6) is 0 Å². The summed E-state index contributed by atoms with van der Waals surface area (Å²) in [6.45, 7) is 1.89. The van der Waals surface area contributed by atoms with Gasteiger partial charge in [0, 0.05) is 37.6 Å². The minimum absolute atomic E-state index is 0.120. The molecule has 0 saturated carbocycles. The van der Waals surface area contributed by atoms with Crippen LogP contribution in [0.25, 0.3) is 0 Å². The number of aromatic nitrogens is 4. The van der Waals surface area contributed by atoms with Crippen molar-refractivity contribution in [1.82, 2.24) is 24.8 Å². The van der Waals surface area contributed by atoms with E-state index in [9.17, 15) is 4.39 Å². The van der Waals surface area contributed by atoms with E-state index in [2.05, 4.69) is 24.8 Å². The Morgan fingerprint density at radius 2 is 2.33 bits per heavy atom. The number of likely N-dealkylation sites (N-methyl/N-ethyl adjacent to an activating group) is 1. The molecule has 0 aromatic carbocycles. The van der Waals surface area contributed by atoms with Crippen molar-refractivity contribution in [3.05, 3.63) is 36.8 Å². The number of nitrogens with zero attached hydrogens (tertiary/aromatic N) is 5. The molecule has 0 amide bonds. The first-order valence-electron chi connectivity index (χ1n) is 7.06. The first-order valence-corrected chi connectivity index (χ1v) is 7.06. The van der Waals surface area contributed by atoms with Gasteiger partial charge in [0.05, 0.1) is 13.1 Å². The van der Waals surface area contributed by atoms with E-state index in [4.69, 9.17) is 0 Å². The number of anilines is 1. The number of H-pyrrole nitrogens is 1. The normalized spacial score (nSPS) is 22.1. The number of halogens is 1. The number of nitrogens with one attached hydrogen (secondary N) is 1. The van der Waals surface area contributed by atoms with Crippen LogP contribution in [0.1, 0.15) is 12.2 Å². The van der Waals surface area contributed by atoms with E-state index in [0.29, 0.717) is 13.0 Å². The third-order valence-electron chi connectivity index (χ3n) is 3.72. The molecule has 0 bridgehead atoms. The first-order chi connectivity index (χ1) is 10.2. The zero-order chi connectivity index (χ0) is 14.7. The van der Waals surface area contributed by atoms with Gasteiger partial charge in [-0.3, -0.25) is 4.90 Å². The molecule has 0 unspecified atom stereocenters. The van der Waals surface area contributed by atoms with Crippen molar-refractivity contribution >= 4 is 5.82 Å². The minimum atomic E-state index is -0.804. The van der Waals surface area contributed by atoms with E-state index in [-0.39, 0.29) is 6.04 Å². The van der Waals surface area contributed by atoms with Gasteiger partial charge in [-0.2, -0.15) is 0 Å². The van der Waals surface area contributed by atoms with Gasteiger partial charge in [-0.05, 0) is 13.1 Å². The number of hydrogen-bond acceptors (Lipinski definition) is 5. The smallest absolute Gasteiger partial charge is 0.132 e. The topological polar surface area (TPSA) is 60.9 Å². The number of imidazole rings is 1. The highest BCUT2D eigenvalue weighted by Gasteiger charge is 2.33. The lowest BCUT2D eigenvalue weighted by molar-refractivity contribution is 0.284. The molecule has 0 aliphatic carbocycles. The number of aromatic amines is 1. The van der Waals surface area contributed by atoms with Crippen LogP contribution in [-0.4, -0.2) is 57.2 Å². The van der Waals surface area contributed by atoms with Crippen LogP contribution in [0.3, 0.4) is 0 Å². The summed E-state index contributed by atoms with van der Waals surface area (Å²) in [4.78, 5) is 19.6. The molecule has 3 rings (SSSR count). The van der Waals surface area contributed by atoms with Gasteiger partial charge < -0.3 is 9.88 Å². The Morgan fingerprint density at radius 1 is 1.43 bits per heavy atom. The van der Waals surface area contributed by atoms with Gasteiger partial charge in [-0.15, -0.1) is 0 Å². The van der Waals surface area contributed by atoms with Crippen molar-refractivity contribution < 1.29 is 4.39 Å². The molecule has 3 heterocycles. The van der Waals surface area contributed by atoms with Crippen LogP contribution in [-0.2, 0) is 6.54 Å². The second kappa shape index (κ2) is 6.17. The fraction of sp³-hybridized carbons (Fsp3) is 0.500. The number of alkyl halides is 1. The molecule has 1 N–H and O–H groups in total. The maximum Gasteiger partial charge on any atom is 0.132 e. The largest absolute Gasteiger partial charge is 0.349 e. The van der Waals surface area contributed by atoms with Crippen LogP contribution in [0.15, 0.2) is 31.0 Å². The maximum atomic E-state index is 13.8. The summed E-state index contributed by atoms with van der Waals surface area (Å²) in [5.41, 5.74) is 0. The Balaban J connectivity index is 1.65. The number of rotatable bonds is 5. The predicted molar refractivity (Wildman–Crippen MR) is 77.6 cm³/mol. The Kier molecular flexibility index (Phi) is 4.10. The maximum absolute atomic E-state index is 13.8. The molecule has 1 aliphatic rings. The molecule has 1 aliphatic heterocycles. The zero-order valence-electron chi connectivity index (χ0n) is 12.0. The Hall–Kier alpha value is -2.02. The summed E-state index contributed by atoms with van der Waals surface area (Å²) in [6.07, 6.45) is 6.48. The van der Waals surface area contributed by atoms with E-state index in [1.54, 1.807) is 12.4 Å². The number of hydrogen-bond donors (Lipinski definition) is 1. The van der Waals surface area contributed by atoms with Crippen molar-refractivity contribution in [3.63, 3.8) is 0 Å². The molecule has 6 nitrogen and oxygen atoms in total. The van der Waals surface area contributed by atoms with Gasteiger partial charge in [0.2, 0.25) is 0 Å². The minimum Gasteiger partial charge on any atom is -0.349 e. The van der Waals surface area contributed by atoms with Crippen molar-refractivity contribution in [2.45, 2.75) is 25.2 Å². The predicted octanol–water partition coefficient (Wildman–Crippen LogP) is 1.25. The fourth-order valence-electron chi connectivity index (χ4n) is 2.83. The highest BCUT2D eigenvalue weighted by molar-refractivity contribution is 5.40. The zero-order valence-corrected chi connectivity index (χ0v) is 12.0. The molecule has 1 saturated heterocycles. The highest BCUT2D eigenvalue weighted by atomic mass is 19.1. The Bertz CT molecular complexity index is 546.